The molecule has 1 aliphatic rings. The van der Waals surface area contributed by atoms with E-state index < -0.39 is 6.10 Å². The van der Waals surface area contributed by atoms with Crippen molar-refractivity contribution in [2.45, 2.75) is 32.5 Å². The first-order valence-corrected chi connectivity index (χ1v) is 7.67. The molecule has 0 aromatic heterocycles. The van der Waals surface area contributed by atoms with E-state index in [4.69, 9.17) is 4.74 Å². The Morgan fingerprint density at radius 3 is 2.90 bits per heavy atom. The van der Waals surface area contributed by atoms with Crippen LogP contribution >= 0.6 is 0 Å². The van der Waals surface area contributed by atoms with Crippen molar-refractivity contribution in [3.8, 4) is 0 Å². The Hall–Kier alpha value is -1.23. The molecule has 0 radical (unpaired) electrons. The minimum Gasteiger partial charge on any atom is -0.389 e. The highest BCUT2D eigenvalue weighted by atomic mass is 16.5. The van der Waals surface area contributed by atoms with Crippen molar-refractivity contribution in [3.05, 3.63) is 35.9 Å². The van der Waals surface area contributed by atoms with Gasteiger partial charge in [-0.25, -0.2) is 0 Å². The molecule has 1 heterocycles. The number of likely N-dealkylation sites (tertiary alicyclic amines) is 1. The maximum atomic E-state index is 11.4. The highest BCUT2D eigenvalue weighted by molar-refractivity contribution is 5.78. The SMILES string of the molecule is CC(=O)C1CCCN(CC(O)COCc2ccccc2)C1. The van der Waals surface area contributed by atoms with Gasteiger partial charge < -0.3 is 9.84 Å². The fraction of sp³-hybridized carbons (Fsp3) is 0.588. The number of aliphatic hydroxyl groups excluding tert-OH is 1. The molecule has 1 aromatic carbocycles. The van der Waals surface area contributed by atoms with Crippen LogP contribution in [0.3, 0.4) is 0 Å². The highest BCUT2D eigenvalue weighted by Gasteiger charge is 2.24. The van der Waals surface area contributed by atoms with Crippen LogP contribution in [-0.2, 0) is 16.1 Å². The predicted octanol–water partition coefficient (Wildman–Crippen LogP) is 1.87. The number of rotatable bonds is 7. The molecule has 4 heteroatoms. The largest absolute Gasteiger partial charge is 0.389 e. The average Bonchev–Trinajstić information content (AvgIpc) is 2.48. The highest BCUT2D eigenvalue weighted by Crippen LogP contribution is 2.17. The molecule has 0 saturated carbocycles. The predicted molar refractivity (Wildman–Crippen MR) is 81.9 cm³/mol. The molecule has 4 nitrogen and oxygen atoms in total. The summed E-state index contributed by atoms with van der Waals surface area (Å²) in [6.07, 6.45) is 1.51. The van der Waals surface area contributed by atoms with Crippen LogP contribution in [0.15, 0.2) is 30.3 Å². The third kappa shape index (κ3) is 5.58. The van der Waals surface area contributed by atoms with Crippen LogP contribution in [0.1, 0.15) is 25.3 Å². The first-order chi connectivity index (χ1) is 10.1. The maximum Gasteiger partial charge on any atom is 0.134 e. The van der Waals surface area contributed by atoms with E-state index in [0.717, 1.165) is 31.5 Å². The van der Waals surface area contributed by atoms with Gasteiger partial charge in [-0.3, -0.25) is 9.69 Å². The van der Waals surface area contributed by atoms with Crippen LogP contribution in [0.4, 0.5) is 0 Å². The van der Waals surface area contributed by atoms with E-state index in [1.807, 2.05) is 30.3 Å². The van der Waals surface area contributed by atoms with Crippen LogP contribution in [0, 0.1) is 5.92 Å². The molecular weight excluding hydrogens is 266 g/mol. The Morgan fingerprint density at radius 2 is 2.19 bits per heavy atom. The Kier molecular flexibility index (Phi) is 6.36. The van der Waals surface area contributed by atoms with E-state index in [2.05, 4.69) is 4.90 Å². The summed E-state index contributed by atoms with van der Waals surface area (Å²) in [6, 6.07) is 9.94. The summed E-state index contributed by atoms with van der Waals surface area (Å²) in [5, 5.41) is 10.1. The van der Waals surface area contributed by atoms with Crippen molar-refractivity contribution in [1.29, 1.82) is 0 Å². The van der Waals surface area contributed by atoms with Gasteiger partial charge in [-0.05, 0) is 31.9 Å². The summed E-state index contributed by atoms with van der Waals surface area (Å²) in [4.78, 5) is 13.6. The normalized spacial score (nSPS) is 21.1. The first kappa shape index (κ1) is 16.1. The van der Waals surface area contributed by atoms with Crippen LogP contribution in [0.2, 0.25) is 0 Å². The molecule has 1 fully saturated rings. The van der Waals surface area contributed by atoms with Crippen molar-refractivity contribution < 1.29 is 14.6 Å². The quantitative estimate of drug-likeness (QED) is 0.833. The Balaban J connectivity index is 1.67. The van der Waals surface area contributed by atoms with Gasteiger partial charge in [-0.1, -0.05) is 30.3 Å². The molecule has 1 aliphatic heterocycles. The van der Waals surface area contributed by atoms with E-state index in [9.17, 15) is 9.90 Å². The molecule has 21 heavy (non-hydrogen) atoms. The Morgan fingerprint density at radius 1 is 1.43 bits per heavy atom. The topological polar surface area (TPSA) is 49.8 Å². The third-order valence-corrected chi connectivity index (χ3v) is 3.97. The average molecular weight is 291 g/mol. The molecule has 1 N–H and O–H groups in total. The van der Waals surface area contributed by atoms with Gasteiger partial charge >= 0.3 is 0 Å². The lowest BCUT2D eigenvalue weighted by atomic mass is 9.94. The van der Waals surface area contributed by atoms with Crippen molar-refractivity contribution >= 4 is 5.78 Å². The van der Waals surface area contributed by atoms with Gasteiger partial charge in [-0.15, -0.1) is 0 Å². The molecule has 0 aliphatic carbocycles. The Bertz CT molecular complexity index is 435. The van der Waals surface area contributed by atoms with E-state index >= 15 is 0 Å². The molecule has 0 spiro atoms. The fourth-order valence-electron chi connectivity index (χ4n) is 2.79. The second kappa shape index (κ2) is 8.27. The second-order valence-corrected chi connectivity index (χ2v) is 5.86. The number of carbonyl (C=O) groups is 1. The molecule has 2 atom stereocenters. The van der Waals surface area contributed by atoms with Crippen LogP contribution < -0.4 is 0 Å². The van der Waals surface area contributed by atoms with E-state index in [1.54, 1.807) is 6.92 Å². The smallest absolute Gasteiger partial charge is 0.134 e. The van der Waals surface area contributed by atoms with Crippen LogP contribution in [0.5, 0.6) is 0 Å². The summed E-state index contributed by atoms with van der Waals surface area (Å²) < 4.78 is 5.55. The van der Waals surface area contributed by atoms with Gasteiger partial charge in [-0.2, -0.15) is 0 Å². The number of hydrogen-bond acceptors (Lipinski definition) is 4. The molecule has 2 rings (SSSR count). The first-order valence-electron chi connectivity index (χ1n) is 7.67. The summed E-state index contributed by atoms with van der Waals surface area (Å²) in [7, 11) is 0. The standard InChI is InChI=1S/C17H25NO3/c1-14(19)16-8-5-9-18(10-16)11-17(20)13-21-12-15-6-3-2-4-7-15/h2-4,6-7,16-17,20H,5,8-13H2,1H3. The number of Topliss-reactive ketones (excluding diaryl/α,β-unsaturated/α-hetero) is 1. The molecular formula is C17H25NO3. The van der Waals surface area contributed by atoms with Crippen LogP contribution in [0.25, 0.3) is 0 Å². The van der Waals surface area contributed by atoms with Gasteiger partial charge in [0.05, 0.1) is 19.3 Å². The zero-order valence-corrected chi connectivity index (χ0v) is 12.7. The van der Waals surface area contributed by atoms with Gasteiger partial charge in [0.15, 0.2) is 0 Å². The fourth-order valence-corrected chi connectivity index (χ4v) is 2.79. The lowest BCUT2D eigenvalue weighted by Crippen LogP contribution is -2.43. The number of β-amino-alcohol motifs (C(OH)–C–C–N with tert-alkyl or cyclic N) is 1. The van der Waals surface area contributed by atoms with Gasteiger partial charge in [0, 0.05) is 19.0 Å². The third-order valence-electron chi connectivity index (χ3n) is 3.97. The van der Waals surface area contributed by atoms with Gasteiger partial charge in [0.2, 0.25) is 0 Å². The number of benzene rings is 1. The van der Waals surface area contributed by atoms with E-state index in [0.29, 0.717) is 19.8 Å². The zero-order valence-electron chi connectivity index (χ0n) is 12.7. The summed E-state index contributed by atoms with van der Waals surface area (Å²) in [6.45, 7) is 4.82. The van der Waals surface area contributed by atoms with Crippen molar-refractivity contribution in [2.75, 3.05) is 26.2 Å². The molecule has 1 aromatic rings. The molecule has 2 unspecified atom stereocenters. The maximum absolute atomic E-state index is 11.4. The van der Waals surface area contributed by atoms with Crippen molar-refractivity contribution in [2.24, 2.45) is 5.92 Å². The lowest BCUT2D eigenvalue weighted by molar-refractivity contribution is -0.122. The van der Waals surface area contributed by atoms with Crippen molar-refractivity contribution in [3.63, 3.8) is 0 Å². The van der Waals surface area contributed by atoms with Gasteiger partial charge in [0.25, 0.3) is 0 Å². The zero-order chi connectivity index (χ0) is 15.1. The van der Waals surface area contributed by atoms with Crippen molar-refractivity contribution in [1.82, 2.24) is 4.90 Å². The van der Waals surface area contributed by atoms with Gasteiger partial charge in [0.1, 0.15) is 5.78 Å². The number of nitrogens with zero attached hydrogens (tertiary/aromatic N) is 1. The molecule has 1 saturated heterocycles. The minimum absolute atomic E-state index is 0.135. The van der Waals surface area contributed by atoms with Crippen LogP contribution in [-0.4, -0.2) is 48.1 Å². The summed E-state index contributed by atoms with van der Waals surface area (Å²) >= 11 is 0. The molecule has 0 bridgehead atoms. The Labute approximate surface area is 126 Å². The minimum atomic E-state index is -0.501. The number of ether oxygens (including phenoxy) is 1. The number of hydrogen-bond donors (Lipinski definition) is 1. The summed E-state index contributed by atoms with van der Waals surface area (Å²) in [5.41, 5.74) is 1.11. The molecule has 0 amide bonds. The number of carbonyl (C=O) groups excluding carboxylic acids is 1. The van der Waals surface area contributed by atoms with E-state index in [-0.39, 0.29) is 11.7 Å². The number of piperidine rings is 1. The number of ketones is 1. The number of aliphatic hydroxyl groups is 1. The monoisotopic (exact) mass is 291 g/mol. The molecule has 116 valence electrons. The van der Waals surface area contributed by atoms with E-state index in [1.165, 1.54) is 0 Å². The summed E-state index contributed by atoms with van der Waals surface area (Å²) in [5.74, 6) is 0.394. The lowest BCUT2D eigenvalue weighted by Gasteiger charge is -2.32. The second-order valence-electron chi connectivity index (χ2n) is 5.86.